The van der Waals surface area contributed by atoms with Crippen molar-refractivity contribution < 1.29 is 14.7 Å². The molecule has 3 aromatic rings. The smallest absolute Gasteiger partial charge is 0.295 e. The number of aliphatic hydroxyl groups excluding tert-OH is 1. The van der Waals surface area contributed by atoms with E-state index in [9.17, 15) is 14.7 Å². The van der Waals surface area contributed by atoms with Gasteiger partial charge in [0, 0.05) is 13.1 Å². The summed E-state index contributed by atoms with van der Waals surface area (Å²) in [5, 5.41) is 15.8. The molecule has 1 fully saturated rings. The fourth-order valence-corrected chi connectivity index (χ4v) is 4.13. The summed E-state index contributed by atoms with van der Waals surface area (Å²) in [6.45, 7) is 4.78. The molecule has 7 heteroatoms. The fourth-order valence-electron chi connectivity index (χ4n) is 4.13. The zero-order chi connectivity index (χ0) is 23.7. The van der Waals surface area contributed by atoms with Gasteiger partial charge in [0.1, 0.15) is 5.76 Å². The second-order valence-corrected chi connectivity index (χ2v) is 8.60. The van der Waals surface area contributed by atoms with E-state index in [1.54, 1.807) is 9.58 Å². The maximum absolute atomic E-state index is 13.2. The van der Waals surface area contributed by atoms with E-state index in [1.807, 2.05) is 87.4 Å². The van der Waals surface area contributed by atoms with E-state index in [0.717, 1.165) is 16.8 Å². The van der Waals surface area contributed by atoms with Crippen LogP contribution in [0.15, 0.2) is 66.4 Å². The van der Waals surface area contributed by atoms with Crippen LogP contribution in [0.1, 0.15) is 28.4 Å². The number of likely N-dealkylation sites (N-methyl/N-ethyl adjacent to an activating group) is 1. The molecule has 1 amide bonds. The Labute approximate surface area is 193 Å². The van der Waals surface area contributed by atoms with Gasteiger partial charge in [-0.1, -0.05) is 48.0 Å². The molecule has 0 spiro atoms. The van der Waals surface area contributed by atoms with Gasteiger partial charge in [0.2, 0.25) is 0 Å². The lowest BCUT2D eigenvalue weighted by Crippen LogP contribution is -2.35. The van der Waals surface area contributed by atoms with Crippen molar-refractivity contribution in [2.24, 2.45) is 0 Å². The second-order valence-electron chi connectivity index (χ2n) is 8.60. The van der Waals surface area contributed by atoms with E-state index < -0.39 is 17.7 Å². The van der Waals surface area contributed by atoms with E-state index in [4.69, 9.17) is 0 Å². The maximum Gasteiger partial charge on any atom is 0.295 e. The van der Waals surface area contributed by atoms with Gasteiger partial charge in [-0.3, -0.25) is 9.59 Å². The standard InChI is InChI=1S/C26H28N4O3/c1-17-10-12-19(13-11-17)23-22(25(32)26(33)29(23)15-14-28(3)4)24(31)21-16-27-30(18(21)2)20-8-6-5-7-9-20/h5-13,16,23,31H,14-15H2,1-4H3/b24-22+/t23-/m0/s1. The quantitative estimate of drug-likeness (QED) is 0.358. The van der Waals surface area contributed by atoms with Crippen LogP contribution in [0.4, 0.5) is 0 Å². The van der Waals surface area contributed by atoms with Crippen molar-refractivity contribution in [3.8, 4) is 5.69 Å². The molecule has 0 saturated carbocycles. The Kier molecular flexibility index (Phi) is 6.16. The van der Waals surface area contributed by atoms with E-state index in [1.165, 1.54) is 6.20 Å². The van der Waals surface area contributed by atoms with E-state index >= 15 is 0 Å². The molecule has 0 bridgehead atoms. The summed E-state index contributed by atoms with van der Waals surface area (Å²) in [7, 11) is 3.83. The highest BCUT2D eigenvalue weighted by Gasteiger charge is 2.46. The molecule has 0 unspecified atom stereocenters. The molecule has 2 aromatic carbocycles. The van der Waals surface area contributed by atoms with Crippen molar-refractivity contribution in [1.82, 2.24) is 19.6 Å². The van der Waals surface area contributed by atoms with Gasteiger partial charge in [-0.25, -0.2) is 4.68 Å². The molecule has 1 aliphatic rings. The summed E-state index contributed by atoms with van der Waals surface area (Å²) in [5.74, 6) is -1.48. The van der Waals surface area contributed by atoms with Crippen molar-refractivity contribution in [3.63, 3.8) is 0 Å². The Morgan fingerprint density at radius 1 is 1.03 bits per heavy atom. The number of rotatable bonds is 6. The van der Waals surface area contributed by atoms with Gasteiger partial charge in [0.25, 0.3) is 11.7 Å². The van der Waals surface area contributed by atoms with Crippen LogP contribution in [0.3, 0.4) is 0 Å². The molecule has 1 aromatic heterocycles. The molecule has 1 atom stereocenters. The molecule has 170 valence electrons. The number of hydrogen-bond donors (Lipinski definition) is 1. The van der Waals surface area contributed by atoms with Crippen LogP contribution in [-0.4, -0.2) is 63.6 Å². The van der Waals surface area contributed by atoms with Crippen LogP contribution in [0, 0.1) is 13.8 Å². The van der Waals surface area contributed by atoms with Gasteiger partial charge < -0.3 is 14.9 Å². The zero-order valence-electron chi connectivity index (χ0n) is 19.3. The number of Topliss-reactive ketones (excluding diaryl/α,β-unsaturated/α-hetero) is 1. The highest BCUT2D eigenvalue weighted by molar-refractivity contribution is 6.46. The van der Waals surface area contributed by atoms with Crippen molar-refractivity contribution in [1.29, 1.82) is 0 Å². The Morgan fingerprint density at radius 2 is 1.70 bits per heavy atom. The molecule has 4 rings (SSSR count). The summed E-state index contributed by atoms with van der Waals surface area (Å²) < 4.78 is 1.71. The van der Waals surface area contributed by atoms with Crippen LogP contribution in [0.25, 0.3) is 11.4 Å². The minimum absolute atomic E-state index is 0.0957. The summed E-state index contributed by atoms with van der Waals surface area (Å²) >= 11 is 0. The third kappa shape index (κ3) is 4.19. The third-order valence-corrected chi connectivity index (χ3v) is 5.99. The lowest BCUT2D eigenvalue weighted by molar-refractivity contribution is -0.140. The Bertz CT molecular complexity index is 1210. The van der Waals surface area contributed by atoms with Gasteiger partial charge in [-0.15, -0.1) is 0 Å². The Hall–Kier alpha value is -3.71. The van der Waals surface area contributed by atoms with Crippen LogP contribution in [0.5, 0.6) is 0 Å². The second kappa shape index (κ2) is 9.03. The van der Waals surface area contributed by atoms with Crippen molar-refractivity contribution in [3.05, 3.63) is 88.8 Å². The third-order valence-electron chi connectivity index (χ3n) is 5.99. The van der Waals surface area contributed by atoms with Crippen LogP contribution < -0.4 is 0 Å². The van der Waals surface area contributed by atoms with Crippen molar-refractivity contribution in [2.75, 3.05) is 27.2 Å². The molecular formula is C26H28N4O3. The first kappa shape index (κ1) is 22.5. The average Bonchev–Trinajstić information content (AvgIpc) is 3.30. The number of carbonyl (C=O) groups excluding carboxylic acids is 2. The number of benzene rings is 2. The van der Waals surface area contributed by atoms with Gasteiger partial charge in [-0.05, 0) is 45.6 Å². The molecule has 1 saturated heterocycles. The Balaban J connectivity index is 1.84. The topological polar surface area (TPSA) is 78.7 Å². The van der Waals surface area contributed by atoms with Crippen LogP contribution in [-0.2, 0) is 9.59 Å². The minimum Gasteiger partial charge on any atom is -0.507 e. The summed E-state index contributed by atoms with van der Waals surface area (Å²) in [5.41, 5.74) is 3.91. The summed E-state index contributed by atoms with van der Waals surface area (Å²) in [4.78, 5) is 29.7. The largest absolute Gasteiger partial charge is 0.507 e. The highest BCUT2D eigenvalue weighted by atomic mass is 16.3. The van der Waals surface area contributed by atoms with Crippen LogP contribution in [0.2, 0.25) is 0 Å². The van der Waals surface area contributed by atoms with Gasteiger partial charge in [0.05, 0.1) is 34.8 Å². The first-order chi connectivity index (χ1) is 15.8. The summed E-state index contributed by atoms with van der Waals surface area (Å²) in [6, 6.07) is 16.6. The number of nitrogens with zero attached hydrogens (tertiary/aromatic N) is 4. The van der Waals surface area contributed by atoms with E-state index in [-0.39, 0.29) is 11.3 Å². The number of aliphatic hydroxyl groups is 1. The minimum atomic E-state index is -0.677. The zero-order valence-corrected chi connectivity index (χ0v) is 19.3. The van der Waals surface area contributed by atoms with Gasteiger partial charge >= 0.3 is 0 Å². The number of aryl methyl sites for hydroxylation is 1. The predicted molar refractivity (Wildman–Crippen MR) is 127 cm³/mol. The van der Waals surface area contributed by atoms with Gasteiger partial charge in [0.15, 0.2) is 0 Å². The lowest BCUT2D eigenvalue weighted by atomic mass is 9.95. The number of carbonyl (C=O) groups is 2. The normalized spacial score (nSPS) is 17.8. The fraction of sp³-hybridized carbons (Fsp3) is 0.269. The number of likely N-dealkylation sites (tertiary alicyclic amines) is 1. The number of ketones is 1. The first-order valence-electron chi connectivity index (χ1n) is 10.9. The molecule has 2 heterocycles. The molecule has 0 aliphatic carbocycles. The lowest BCUT2D eigenvalue weighted by Gasteiger charge is -2.26. The molecule has 0 radical (unpaired) electrons. The van der Waals surface area contributed by atoms with E-state index in [2.05, 4.69) is 5.10 Å². The predicted octanol–water partition coefficient (Wildman–Crippen LogP) is 3.47. The average molecular weight is 445 g/mol. The first-order valence-corrected chi connectivity index (χ1v) is 10.9. The molecule has 1 aliphatic heterocycles. The SMILES string of the molecule is Cc1ccc([C@H]2/C(=C(\O)c3cnn(-c4ccccc4)c3C)C(=O)C(=O)N2CCN(C)C)cc1. The number of hydrogen-bond acceptors (Lipinski definition) is 5. The molecule has 7 nitrogen and oxygen atoms in total. The van der Waals surface area contributed by atoms with Crippen molar-refractivity contribution in [2.45, 2.75) is 19.9 Å². The van der Waals surface area contributed by atoms with Crippen molar-refractivity contribution >= 4 is 17.4 Å². The Morgan fingerprint density at radius 3 is 2.33 bits per heavy atom. The van der Waals surface area contributed by atoms with Crippen LogP contribution >= 0.6 is 0 Å². The molecule has 1 N–H and O–H groups in total. The van der Waals surface area contributed by atoms with E-state index in [0.29, 0.717) is 24.3 Å². The maximum atomic E-state index is 13.2. The summed E-state index contributed by atoms with van der Waals surface area (Å²) in [6.07, 6.45) is 1.54. The van der Waals surface area contributed by atoms with Gasteiger partial charge in [-0.2, -0.15) is 5.10 Å². The number of aromatic nitrogens is 2. The number of para-hydroxylation sites is 1. The highest BCUT2D eigenvalue weighted by Crippen LogP contribution is 2.39. The molecular weight excluding hydrogens is 416 g/mol. The monoisotopic (exact) mass is 444 g/mol. The number of amides is 1. The molecule has 33 heavy (non-hydrogen) atoms.